The quantitative estimate of drug-likeness (QED) is 0.801. The van der Waals surface area contributed by atoms with Crippen molar-refractivity contribution in [2.75, 3.05) is 5.75 Å². The van der Waals surface area contributed by atoms with Crippen LogP contribution in [-0.2, 0) is 9.59 Å². The second-order valence-electron chi connectivity index (χ2n) is 4.17. The van der Waals surface area contributed by atoms with Crippen molar-refractivity contribution in [2.24, 2.45) is 0 Å². The van der Waals surface area contributed by atoms with Gasteiger partial charge in [-0.05, 0) is 25.5 Å². The van der Waals surface area contributed by atoms with Crippen LogP contribution in [0.5, 0.6) is 0 Å². The van der Waals surface area contributed by atoms with Crippen LogP contribution < -0.4 is 5.32 Å². The molecule has 1 amide bonds. The van der Waals surface area contributed by atoms with E-state index in [9.17, 15) is 9.59 Å². The fourth-order valence-corrected chi connectivity index (χ4v) is 2.59. The van der Waals surface area contributed by atoms with Gasteiger partial charge in [0, 0.05) is 17.6 Å². The lowest BCUT2D eigenvalue weighted by Crippen LogP contribution is -2.41. The first-order valence-corrected chi connectivity index (χ1v) is 6.58. The molecule has 0 saturated carbocycles. The summed E-state index contributed by atoms with van der Waals surface area (Å²) in [4.78, 5) is 22.9. The molecule has 1 aromatic carbocycles. The smallest absolute Gasteiger partial charge is 0.327 e. The number of hydrogen-bond acceptors (Lipinski definition) is 3. The normalized spacial score (nSPS) is 11.9. The average molecular weight is 267 g/mol. The minimum atomic E-state index is -1.01. The highest BCUT2D eigenvalue weighted by molar-refractivity contribution is 7.99. The van der Waals surface area contributed by atoms with E-state index in [1.807, 2.05) is 32.0 Å². The van der Waals surface area contributed by atoms with E-state index < -0.39 is 12.0 Å². The fraction of sp³-hybridized carbons (Fsp3) is 0.385. The molecule has 0 aliphatic rings. The van der Waals surface area contributed by atoms with Gasteiger partial charge in [-0.25, -0.2) is 4.79 Å². The van der Waals surface area contributed by atoms with Gasteiger partial charge in [0.15, 0.2) is 0 Å². The summed E-state index contributed by atoms with van der Waals surface area (Å²) in [5.74, 6) is -1.02. The first-order valence-electron chi connectivity index (χ1n) is 5.60. The predicted octanol–water partition coefficient (Wildman–Crippen LogP) is 1.98. The van der Waals surface area contributed by atoms with E-state index in [1.54, 1.807) is 0 Å². The molecule has 1 atom stereocenters. The molecule has 0 aliphatic carbocycles. The maximum Gasteiger partial charge on any atom is 0.327 e. The molecule has 2 N–H and O–H groups in total. The molecule has 98 valence electrons. The van der Waals surface area contributed by atoms with Crippen molar-refractivity contribution < 1.29 is 14.7 Å². The highest BCUT2D eigenvalue weighted by Gasteiger charge is 2.18. The van der Waals surface area contributed by atoms with Gasteiger partial charge in [0.25, 0.3) is 0 Å². The number of thioether (sulfide) groups is 1. The molecule has 18 heavy (non-hydrogen) atoms. The Hall–Kier alpha value is -1.49. The van der Waals surface area contributed by atoms with Crippen LogP contribution in [-0.4, -0.2) is 28.8 Å². The molecule has 0 aromatic heterocycles. The fourth-order valence-electron chi connectivity index (χ4n) is 1.46. The molecule has 1 rings (SSSR count). The summed E-state index contributed by atoms with van der Waals surface area (Å²) >= 11 is 1.44. The van der Waals surface area contributed by atoms with Gasteiger partial charge in [0.2, 0.25) is 5.91 Å². The number of benzene rings is 1. The molecule has 0 spiro atoms. The molecule has 4 nitrogen and oxygen atoms in total. The van der Waals surface area contributed by atoms with E-state index in [4.69, 9.17) is 5.11 Å². The van der Waals surface area contributed by atoms with E-state index in [2.05, 4.69) is 5.32 Å². The van der Waals surface area contributed by atoms with Crippen LogP contribution in [0.3, 0.4) is 0 Å². The van der Waals surface area contributed by atoms with Gasteiger partial charge >= 0.3 is 5.97 Å². The van der Waals surface area contributed by atoms with Crippen LogP contribution in [0, 0.1) is 13.8 Å². The van der Waals surface area contributed by atoms with Gasteiger partial charge < -0.3 is 10.4 Å². The monoisotopic (exact) mass is 267 g/mol. The number of carbonyl (C=O) groups is 2. The minimum Gasteiger partial charge on any atom is -0.480 e. The summed E-state index contributed by atoms with van der Waals surface area (Å²) < 4.78 is 0. The first kappa shape index (κ1) is 14.6. The minimum absolute atomic E-state index is 0.319. The lowest BCUT2D eigenvalue weighted by atomic mass is 10.2. The van der Waals surface area contributed by atoms with Crippen molar-refractivity contribution in [1.29, 1.82) is 0 Å². The topological polar surface area (TPSA) is 66.4 Å². The van der Waals surface area contributed by atoms with Crippen LogP contribution in [0.4, 0.5) is 0 Å². The average Bonchev–Trinajstić information content (AvgIpc) is 2.27. The summed E-state index contributed by atoms with van der Waals surface area (Å²) in [5.41, 5.74) is 2.24. The van der Waals surface area contributed by atoms with E-state index in [0.717, 1.165) is 16.0 Å². The Kier molecular flexibility index (Phi) is 5.22. The molecule has 0 fully saturated rings. The van der Waals surface area contributed by atoms with E-state index in [0.29, 0.717) is 5.75 Å². The first-order chi connectivity index (χ1) is 8.40. The number of aliphatic carboxylic acids is 1. The number of hydrogen-bond donors (Lipinski definition) is 2. The van der Waals surface area contributed by atoms with Gasteiger partial charge in [-0.3, -0.25) is 4.79 Å². The Balaban J connectivity index is 2.69. The summed E-state index contributed by atoms with van der Waals surface area (Å²) in [7, 11) is 0. The van der Waals surface area contributed by atoms with Gasteiger partial charge in [0.05, 0.1) is 0 Å². The van der Waals surface area contributed by atoms with Crippen molar-refractivity contribution in [3.63, 3.8) is 0 Å². The van der Waals surface area contributed by atoms with Crippen molar-refractivity contribution in [3.05, 3.63) is 29.3 Å². The Morgan fingerprint density at radius 2 is 2.06 bits per heavy atom. The third kappa shape index (κ3) is 4.41. The molecule has 5 heteroatoms. The molecule has 0 bridgehead atoms. The SMILES string of the molecule is CC(=O)N[C@@H](CSc1cc(C)ccc1C)C(=O)O. The molecule has 0 heterocycles. The number of nitrogens with one attached hydrogen (secondary N) is 1. The second-order valence-corrected chi connectivity index (χ2v) is 5.23. The molecular weight excluding hydrogens is 250 g/mol. The third-order valence-electron chi connectivity index (χ3n) is 2.42. The van der Waals surface area contributed by atoms with Crippen molar-refractivity contribution in [2.45, 2.75) is 31.7 Å². The highest BCUT2D eigenvalue weighted by atomic mass is 32.2. The highest BCUT2D eigenvalue weighted by Crippen LogP contribution is 2.24. The van der Waals surface area contributed by atoms with Gasteiger partial charge in [0.1, 0.15) is 6.04 Å². The predicted molar refractivity (Wildman–Crippen MR) is 71.9 cm³/mol. The maximum atomic E-state index is 11.0. The van der Waals surface area contributed by atoms with Gasteiger partial charge in [-0.1, -0.05) is 17.7 Å². The van der Waals surface area contributed by atoms with Crippen LogP contribution in [0.15, 0.2) is 23.1 Å². The summed E-state index contributed by atoms with van der Waals surface area (Å²) in [6.45, 7) is 5.29. The second kappa shape index (κ2) is 6.44. The lowest BCUT2D eigenvalue weighted by molar-refractivity contribution is -0.140. The van der Waals surface area contributed by atoms with Crippen LogP contribution >= 0.6 is 11.8 Å². The summed E-state index contributed by atoms with van der Waals surface area (Å²) in [6.07, 6.45) is 0. The number of carboxylic acid groups (broad SMARTS) is 1. The number of carboxylic acids is 1. The number of aryl methyl sites for hydroxylation is 2. The van der Waals surface area contributed by atoms with Gasteiger partial charge in [-0.2, -0.15) is 0 Å². The molecule has 0 radical (unpaired) electrons. The summed E-state index contributed by atoms with van der Waals surface area (Å²) in [6, 6.07) is 5.19. The molecular formula is C13H17NO3S. The van der Waals surface area contributed by atoms with E-state index in [-0.39, 0.29) is 5.91 Å². The molecule has 0 saturated heterocycles. The third-order valence-corrected chi connectivity index (χ3v) is 3.68. The van der Waals surface area contributed by atoms with E-state index in [1.165, 1.54) is 18.7 Å². The zero-order chi connectivity index (χ0) is 13.7. The Labute approximate surface area is 111 Å². The zero-order valence-electron chi connectivity index (χ0n) is 10.7. The molecule has 0 aliphatic heterocycles. The van der Waals surface area contributed by atoms with Gasteiger partial charge in [-0.15, -0.1) is 11.8 Å². The van der Waals surface area contributed by atoms with Crippen LogP contribution in [0.1, 0.15) is 18.1 Å². The van der Waals surface area contributed by atoms with Crippen LogP contribution in [0.2, 0.25) is 0 Å². The number of rotatable bonds is 5. The Morgan fingerprint density at radius 1 is 1.39 bits per heavy atom. The zero-order valence-corrected chi connectivity index (χ0v) is 11.5. The van der Waals surface area contributed by atoms with Crippen molar-refractivity contribution in [3.8, 4) is 0 Å². The molecule has 0 unspecified atom stereocenters. The largest absolute Gasteiger partial charge is 0.480 e. The Bertz CT molecular complexity index is 460. The van der Waals surface area contributed by atoms with Crippen molar-refractivity contribution >= 4 is 23.6 Å². The standard InChI is InChI=1S/C13H17NO3S/c1-8-4-5-9(2)12(6-8)18-7-11(13(16)17)14-10(3)15/h4-6,11H,7H2,1-3H3,(H,14,15)(H,16,17)/t11-/m0/s1. The molecule has 1 aromatic rings. The lowest BCUT2D eigenvalue weighted by Gasteiger charge is -2.14. The Morgan fingerprint density at radius 3 is 2.61 bits per heavy atom. The summed E-state index contributed by atoms with van der Waals surface area (Å²) in [5, 5.41) is 11.4. The number of amides is 1. The van der Waals surface area contributed by atoms with Crippen molar-refractivity contribution in [1.82, 2.24) is 5.32 Å². The van der Waals surface area contributed by atoms with E-state index >= 15 is 0 Å². The maximum absolute atomic E-state index is 11.0. The number of carbonyl (C=O) groups excluding carboxylic acids is 1. The van der Waals surface area contributed by atoms with Crippen LogP contribution in [0.25, 0.3) is 0 Å².